The van der Waals surface area contributed by atoms with Crippen molar-refractivity contribution in [3.05, 3.63) is 59.7 Å². The van der Waals surface area contributed by atoms with Crippen molar-refractivity contribution in [3.8, 4) is 0 Å². The summed E-state index contributed by atoms with van der Waals surface area (Å²) in [5, 5.41) is 0. The number of aryl methyl sites for hydroxylation is 1. The minimum atomic E-state index is -4.04. The summed E-state index contributed by atoms with van der Waals surface area (Å²) in [6.45, 7) is 5.06. The van der Waals surface area contributed by atoms with Gasteiger partial charge < -0.3 is 4.74 Å². The number of carbonyl (C=O) groups excluding carboxylic acids is 2. The molecule has 1 atom stereocenters. The fraction of sp³-hybridized carbons (Fsp3) is 0.391. The molecule has 0 bridgehead atoms. The summed E-state index contributed by atoms with van der Waals surface area (Å²) in [6, 6.07) is 10.7. The van der Waals surface area contributed by atoms with E-state index in [0.717, 1.165) is 5.56 Å². The first kappa shape index (κ1) is 27.6. The van der Waals surface area contributed by atoms with E-state index in [0.29, 0.717) is 18.4 Å². The maximum Gasteiger partial charge on any atom is 0.324 e. The Morgan fingerprint density at radius 2 is 1.44 bits per heavy atom. The van der Waals surface area contributed by atoms with Crippen LogP contribution in [0, 0.1) is 6.92 Å². The monoisotopic (exact) mass is 510 g/mol. The molecule has 2 rings (SSSR count). The van der Waals surface area contributed by atoms with E-state index in [9.17, 15) is 26.4 Å². The number of Topliss-reactive ketones (excluding diaryl/α,β-unsaturated/α-hetero) is 1. The lowest BCUT2D eigenvalue weighted by Gasteiger charge is -2.17. The molecule has 0 saturated heterocycles. The van der Waals surface area contributed by atoms with Gasteiger partial charge in [-0.1, -0.05) is 29.8 Å². The average Bonchev–Trinajstić information content (AvgIpc) is 2.78. The summed E-state index contributed by atoms with van der Waals surface area (Å²) in [5.74, 6) is -0.911. The Morgan fingerprint density at radius 3 is 2.00 bits per heavy atom. The number of carbonyl (C=O) groups is 2. The van der Waals surface area contributed by atoms with Crippen molar-refractivity contribution < 1.29 is 31.2 Å². The van der Waals surface area contributed by atoms with E-state index in [-0.39, 0.29) is 35.1 Å². The van der Waals surface area contributed by atoms with E-state index in [1.807, 2.05) is 6.92 Å². The predicted molar refractivity (Wildman–Crippen MR) is 127 cm³/mol. The topological polar surface area (TPSA) is 136 Å². The van der Waals surface area contributed by atoms with Gasteiger partial charge >= 0.3 is 5.97 Å². The van der Waals surface area contributed by atoms with Crippen molar-refractivity contribution in [1.29, 1.82) is 0 Å². The lowest BCUT2D eigenvalue weighted by molar-refractivity contribution is -0.145. The summed E-state index contributed by atoms with van der Waals surface area (Å²) in [7, 11) is -7.70. The standard InChI is InChI=1S/C23H30N2O7S2/c1-4-32-23(27)22(25-34(30,31)21-14-10-19(11-15-21)18(3)26)7-5-6-16-24-33(28,29)20-12-8-17(2)9-13-20/h8-15,22,24-25H,4-7,16H2,1-3H3. The Morgan fingerprint density at radius 1 is 0.882 bits per heavy atom. The molecule has 11 heteroatoms. The van der Waals surface area contributed by atoms with E-state index < -0.39 is 32.1 Å². The van der Waals surface area contributed by atoms with Crippen LogP contribution >= 0.6 is 0 Å². The third-order valence-corrected chi connectivity index (χ3v) is 7.95. The number of ketones is 1. The van der Waals surface area contributed by atoms with Crippen molar-refractivity contribution in [2.24, 2.45) is 0 Å². The van der Waals surface area contributed by atoms with Gasteiger partial charge in [-0.3, -0.25) is 9.59 Å². The number of benzene rings is 2. The van der Waals surface area contributed by atoms with Gasteiger partial charge in [0.15, 0.2) is 5.78 Å². The second-order valence-electron chi connectivity index (χ2n) is 7.71. The highest BCUT2D eigenvalue weighted by Crippen LogP contribution is 2.14. The van der Waals surface area contributed by atoms with Crippen molar-refractivity contribution in [2.75, 3.05) is 13.2 Å². The molecule has 0 amide bonds. The molecular weight excluding hydrogens is 480 g/mol. The molecule has 0 heterocycles. The number of nitrogens with one attached hydrogen (secondary N) is 2. The maximum atomic E-state index is 12.7. The van der Waals surface area contributed by atoms with Crippen LogP contribution in [0.4, 0.5) is 0 Å². The van der Waals surface area contributed by atoms with Gasteiger partial charge in [-0.2, -0.15) is 4.72 Å². The zero-order valence-electron chi connectivity index (χ0n) is 19.4. The van der Waals surface area contributed by atoms with Crippen LogP contribution in [0.1, 0.15) is 49.0 Å². The molecule has 186 valence electrons. The van der Waals surface area contributed by atoms with Gasteiger partial charge in [0, 0.05) is 12.1 Å². The summed E-state index contributed by atoms with van der Waals surface area (Å²) < 4.78 is 60.0. The largest absolute Gasteiger partial charge is 0.465 e. The molecule has 0 fully saturated rings. The Bertz CT molecular complexity index is 1190. The zero-order valence-corrected chi connectivity index (χ0v) is 21.0. The van der Waals surface area contributed by atoms with Gasteiger partial charge in [-0.05, 0) is 64.3 Å². The van der Waals surface area contributed by atoms with E-state index in [4.69, 9.17) is 4.74 Å². The Hall–Kier alpha value is -2.60. The highest BCUT2D eigenvalue weighted by atomic mass is 32.2. The number of ether oxygens (including phenoxy) is 1. The smallest absolute Gasteiger partial charge is 0.324 e. The molecule has 0 aliphatic heterocycles. The fourth-order valence-corrected chi connectivity index (χ4v) is 5.37. The number of rotatable bonds is 13. The maximum absolute atomic E-state index is 12.7. The molecule has 0 radical (unpaired) electrons. The van der Waals surface area contributed by atoms with Gasteiger partial charge in [0.25, 0.3) is 0 Å². The second-order valence-corrected chi connectivity index (χ2v) is 11.2. The minimum absolute atomic E-state index is 0.0840. The van der Waals surface area contributed by atoms with Crippen molar-refractivity contribution >= 4 is 31.8 Å². The Kier molecular flexibility index (Phi) is 9.92. The average molecular weight is 511 g/mol. The molecule has 2 aromatic rings. The van der Waals surface area contributed by atoms with Crippen LogP contribution in [0.25, 0.3) is 0 Å². The molecule has 2 aromatic carbocycles. The van der Waals surface area contributed by atoms with Crippen LogP contribution in [-0.4, -0.2) is 47.8 Å². The number of hydrogen-bond donors (Lipinski definition) is 2. The quantitative estimate of drug-likeness (QED) is 0.240. The highest BCUT2D eigenvalue weighted by Gasteiger charge is 2.26. The lowest BCUT2D eigenvalue weighted by Crippen LogP contribution is -2.41. The van der Waals surface area contributed by atoms with Crippen LogP contribution in [0.2, 0.25) is 0 Å². The number of unbranched alkanes of at least 4 members (excludes halogenated alkanes) is 1. The molecular formula is C23H30N2O7S2. The molecule has 1 unspecified atom stereocenters. The summed E-state index contributed by atoms with van der Waals surface area (Å²) in [5.41, 5.74) is 1.31. The fourth-order valence-electron chi connectivity index (χ4n) is 3.07. The summed E-state index contributed by atoms with van der Waals surface area (Å²) in [6.07, 6.45) is 0.873. The van der Waals surface area contributed by atoms with Gasteiger partial charge in [0.1, 0.15) is 6.04 Å². The van der Waals surface area contributed by atoms with Gasteiger partial charge in [-0.25, -0.2) is 21.6 Å². The Labute approximate surface area is 201 Å². The first-order valence-corrected chi connectivity index (χ1v) is 13.8. The summed E-state index contributed by atoms with van der Waals surface area (Å²) in [4.78, 5) is 23.8. The predicted octanol–water partition coefficient (Wildman–Crippen LogP) is 2.56. The van der Waals surface area contributed by atoms with E-state index >= 15 is 0 Å². The molecule has 0 aromatic heterocycles. The summed E-state index contributed by atoms with van der Waals surface area (Å²) >= 11 is 0. The van der Waals surface area contributed by atoms with Crippen LogP contribution in [0.15, 0.2) is 58.3 Å². The zero-order chi connectivity index (χ0) is 25.4. The van der Waals surface area contributed by atoms with Crippen molar-refractivity contribution in [2.45, 2.75) is 55.9 Å². The molecule has 34 heavy (non-hydrogen) atoms. The van der Waals surface area contributed by atoms with Crippen LogP contribution in [0.5, 0.6) is 0 Å². The van der Waals surface area contributed by atoms with E-state index in [2.05, 4.69) is 9.44 Å². The van der Waals surface area contributed by atoms with Gasteiger partial charge in [-0.15, -0.1) is 0 Å². The minimum Gasteiger partial charge on any atom is -0.465 e. The first-order chi connectivity index (χ1) is 16.0. The third-order valence-electron chi connectivity index (χ3n) is 4.98. The van der Waals surface area contributed by atoms with E-state index in [1.165, 1.54) is 43.3 Å². The van der Waals surface area contributed by atoms with Crippen LogP contribution in [0.3, 0.4) is 0 Å². The van der Waals surface area contributed by atoms with Crippen LogP contribution in [-0.2, 0) is 29.6 Å². The number of sulfonamides is 2. The molecule has 0 aliphatic rings. The number of hydrogen-bond acceptors (Lipinski definition) is 7. The molecule has 0 saturated carbocycles. The molecule has 0 spiro atoms. The lowest BCUT2D eigenvalue weighted by atomic mass is 10.1. The Balaban J connectivity index is 1.97. The SMILES string of the molecule is CCOC(=O)C(CCCCNS(=O)(=O)c1ccc(C)cc1)NS(=O)(=O)c1ccc(C(C)=O)cc1. The van der Waals surface area contributed by atoms with Gasteiger partial charge in [0.05, 0.1) is 16.4 Å². The highest BCUT2D eigenvalue weighted by molar-refractivity contribution is 7.89. The first-order valence-electron chi connectivity index (χ1n) is 10.8. The molecule has 9 nitrogen and oxygen atoms in total. The van der Waals surface area contributed by atoms with Gasteiger partial charge in [0.2, 0.25) is 20.0 Å². The molecule has 2 N–H and O–H groups in total. The molecule has 0 aliphatic carbocycles. The number of esters is 1. The second kappa shape index (κ2) is 12.2. The van der Waals surface area contributed by atoms with Crippen LogP contribution < -0.4 is 9.44 Å². The third kappa shape index (κ3) is 8.01. The van der Waals surface area contributed by atoms with Crippen molar-refractivity contribution in [1.82, 2.24) is 9.44 Å². The van der Waals surface area contributed by atoms with Crippen molar-refractivity contribution in [3.63, 3.8) is 0 Å². The van der Waals surface area contributed by atoms with E-state index in [1.54, 1.807) is 19.1 Å². The normalized spacial score (nSPS) is 12.8.